The summed E-state index contributed by atoms with van der Waals surface area (Å²) in [5, 5.41) is 37.8. The average molecular weight is 1120 g/mol. The standard InChI is InChI=1S/2C28H38N4O2.2H2O4S/c2*1-21-18-25(32(14-16-33)15-17-34)8-9-26(21)27(22-4-6-24(7-5-22)31(2)3)23-10-12-28(19-29,20-30)13-11-23;2*1-5(2,3)4/h2*4-13,18,33-34H,14-17,19-20,29-30H2,1-3H3;2*(H2,1,2,3,4). The molecule has 0 unspecified atom stereocenters. The lowest BCUT2D eigenvalue weighted by atomic mass is 9.80. The monoisotopic (exact) mass is 1120 g/mol. The van der Waals surface area contributed by atoms with Crippen LogP contribution in [0.3, 0.4) is 0 Å². The normalized spacial score (nSPS) is 14.0. The van der Waals surface area contributed by atoms with Crippen molar-refractivity contribution in [3.05, 3.63) is 178 Å². The molecule has 16 N–H and O–H groups in total. The fourth-order valence-electron chi connectivity index (χ4n) is 8.78. The Labute approximate surface area is 460 Å². The first kappa shape index (κ1) is 66.2. The highest BCUT2D eigenvalue weighted by Crippen LogP contribution is 2.38. The molecule has 0 aliphatic heterocycles. The topological polar surface area (TPSA) is 365 Å². The number of nitrogens with zero attached hydrogens (tertiary/aromatic N) is 4. The van der Waals surface area contributed by atoms with Gasteiger partial charge in [-0.25, -0.2) is 0 Å². The van der Waals surface area contributed by atoms with E-state index in [9.17, 15) is 20.4 Å². The number of rotatable bonds is 20. The third-order valence-electron chi connectivity index (χ3n) is 13.3. The maximum absolute atomic E-state index is 9.44. The van der Waals surface area contributed by atoms with Crippen LogP contribution in [-0.4, -0.2) is 162 Å². The first-order valence-corrected chi connectivity index (χ1v) is 27.9. The molecule has 0 saturated carbocycles. The molecule has 0 aromatic heterocycles. The molecule has 4 aromatic rings. The van der Waals surface area contributed by atoms with Gasteiger partial charge in [-0.3, -0.25) is 16.8 Å². The highest BCUT2D eigenvalue weighted by atomic mass is 32.3. The van der Waals surface area contributed by atoms with Crippen LogP contribution in [-0.2, 0) is 20.8 Å². The Morgan fingerprint density at radius 3 is 0.897 bits per heavy atom. The summed E-state index contributed by atoms with van der Waals surface area (Å²) in [6.07, 6.45) is 17.8. The lowest BCUT2D eigenvalue weighted by Crippen LogP contribution is -2.66. The van der Waals surface area contributed by atoms with Crippen LogP contribution in [0.1, 0.15) is 33.4 Å². The van der Waals surface area contributed by atoms with Crippen molar-refractivity contribution >= 4 is 54.7 Å². The SMILES string of the molecule is Cc1cc(N(CCO)CCO)ccc1C(=C1C=CC(C[NH3+])(C[NH3+])C=C1)c1ccc(N(C)C)cc1.Cc1cc(N(CCO)CCO)ccc1C(=C1C=CC(C[NH3+])(C[NH3+])C=C1)c1ccc(N(C)C)cc1.O=S(=O)([O-])[O-].O=S(=O)([O-])[O-]. The van der Waals surface area contributed by atoms with Crippen LogP contribution in [0.25, 0.3) is 11.1 Å². The minimum atomic E-state index is -5.17. The van der Waals surface area contributed by atoms with Gasteiger partial charge in [-0.15, -0.1) is 0 Å². The van der Waals surface area contributed by atoms with E-state index in [0.29, 0.717) is 26.2 Å². The second-order valence-corrected chi connectivity index (χ2v) is 20.7. The lowest BCUT2D eigenvalue weighted by molar-refractivity contribution is -0.430. The third-order valence-corrected chi connectivity index (χ3v) is 13.3. The molecule has 2 aliphatic carbocycles. The van der Waals surface area contributed by atoms with Gasteiger partial charge in [-0.1, -0.05) is 85.0 Å². The molecule has 0 bridgehead atoms. The van der Waals surface area contributed by atoms with Crippen molar-refractivity contribution < 1.29 is 78.4 Å². The first-order chi connectivity index (χ1) is 36.7. The van der Waals surface area contributed by atoms with Crippen LogP contribution in [0.2, 0.25) is 0 Å². The third kappa shape index (κ3) is 20.3. The molecule has 0 saturated heterocycles. The van der Waals surface area contributed by atoms with Gasteiger partial charge in [-0.05, 0) is 118 Å². The molecule has 428 valence electrons. The second kappa shape index (κ2) is 30.9. The Balaban J connectivity index is 0.000000349. The van der Waals surface area contributed by atoms with Gasteiger partial charge in [0, 0.05) is 97.9 Å². The largest absolute Gasteiger partial charge is 0.759 e. The van der Waals surface area contributed by atoms with Gasteiger partial charge in [0.15, 0.2) is 0 Å². The highest BCUT2D eigenvalue weighted by Gasteiger charge is 2.30. The smallest absolute Gasteiger partial charge is 0.105 e. The van der Waals surface area contributed by atoms with E-state index >= 15 is 0 Å². The van der Waals surface area contributed by atoms with Crippen LogP contribution in [0, 0.1) is 24.7 Å². The van der Waals surface area contributed by atoms with Crippen LogP contribution in [0.5, 0.6) is 0 Å². The summed E-state index contributed by atoms with van der Waals surface area (Å²) < 4.78 is 68.2. The lowest BCUT2D eigenvalue weighted by Gasteiger charge is -2.26. The van der Waals surface area contributed by atoms with Crippen molar-refractivity contribution in [2.24, 2.45) is 10.8 Å². The molecule has 4 aromatic carbocycles. The highest BCUT2D eigenvalue weighted by molar-refractivity contribution is 7.80. The number of aliphatic hydroxyl groups excluding tert-OH is 4. The van der Waals surface area contributed by atoms with Gasteiger partial charge in [0.1, 0.15) is 10.8 Å². The Bertz CT molecular complexity index is 2700. The summed E-state index contributed by atoms with van der Waals surface area (Å²) >= 11 is 0. The fourth-order valence-corrected chi connectivity index (χ4v) is 8.78. The van der Waals surface area contributed by atoms with Crippen molar-refractivity contribution in [3.8, 4) is 0 Å². The number of anilines is 4. The fraction of sp³-hybridized carbons (Fsp3) is 0.357. The maximum Gasteiger partial charge on any atom is 0.105 e. The predicted molar refractivity (Wildman–Crippen MR) is 302 cm³/mol. The molecule has 22 heteroatoms. The van der Waals surface area contributed by atoms with Crippen molar-refractivity contribution in [2.75, 3.05) is 127 Å². The zero-order valence-electron chi connectivity index (χ0n) is 45.7. The molecule has 6 rings (SSSR count). The molecule has 20 nitrogen and oxygen atoms in total. The summed E-state index contributed by atoms with van der Waals surface area (Å²) in [5.41, 5.74) is 32.3. The number of aliphatic hydroxyl groups is 4. The minimum Gasteiger partial charge on any atom is -0.759 e. The molecule has 78 heavy (non-hydrogen) atoms. The van der Waals surface area contributed by atoms with Gasteiger partial charge in [0.05, 0.1) is 52.6 Å². The summed E-state index contributed by atoms with van der Waals surface area (Å²) in [4.78, 5) is 8.22. The number of allylic oxidation sites excluding steroid dienone is 6. The van der Waals surface area contributed by atoms with E-state index in [1.54, 1.807) is 0 Å². The number of hydrogen-bond donors (Lipinski definition) is 8. The molecular formula is C56H80N8O12S2. The zero-order valence-corrected chi connectivity index (χ0v) is 47.3. The first-order valence-electron chi connectivity index (χ1n) is 25.2. The molecule has 0 heterocycles. The average Bonchev–Trinajstić information content (AvgIpc) is 3.40. The number of quaternary nitrogens is 4. The second-order valence-electron chi connectivity index (χ2n) is 19.0. The van der Waals surface area contributed by atoms with Gasteiger partial charge in [-0.2, -0.15) is 0 Å². The molecule has 0 atom stereocenters. The van der Waals surface area contributed by atoms with Gasteiger partial charge in [0.2, 0.25) is 0 Å². The Kier molecular flexibility index (Phi) is 26.2. The van der Waals surface area contributed by atoms with Gasteiger partial charge < -0.3 is 81.2 Å². The summed E-state index contributed by atoms with van der Waals surface area (Å²) in [6.45, 7) is 9.50. The Morgan fingerprint density at radius 1 is 0.449 bits per heavy atom. The summed E-state index contributed by atoms with van der Waals surface area (Å²) in [6, 6.07) is 30.1. The molecule has 0 radical (unpaired) electrons. The number of hydrogen-bond acceptors (Lipinski definition) is 16. The minimum absolute atomic E-state index is 0.0459. The van der Waals surface area contributed by atoms with Crippen molar-refractivity contribution in [1.29, 1.82) is 0 Å². The van der Waals surface area contributed by atoms with Crippen LogP contribution in [0.4, 0.5) is 22.7 Å². The van der Waals surface area contributed by atoms with E-state index in [2.05, 4.69) is 180 Å². The Morgan fingerprint density at radius 2 is 0.692 bits per heavy atom. The van der Waals surface area contributed by atoms with Crippen molar-refractivity contribution in [2.45, 2.75) is 13.8 Å². The molecule has 0 amide bonds. The van der Waals surface area contributed by atoms with E-state index in [-0.39, 0.29) is 37.3 Å². The summed E-state index contributed by atoms with van der Waals surface area (Å²) in [5.74, 6) is 0. The van der Waals surface area contributed by atoms with Gasteiger partial charge >= 0.3 is 0 Å². The molecule has 0 spiro atoms. The maximum atomic E-state index is 9.44. The Hall–Kier alpha value is -6.06. The van der Waals surface area contributed by atoms with E-state index in [4.69, 9.17) is 35.0 Å². The zero-order chi connectivity index (χ0) is 58.4. The van der Waals surface area contributed by atoms with Crippen molar-refractivity contribution in [1.82, 2.24) is 0 Å². The van der Waals surface area contributed by atoms with Crippen LogP contribution in [0.15, 0.2) is 145 Å². The van der Waals surface area contributed by atoms with Crippen LogP contribution < -0.4 is 42.5 Å². The van der Waals surface area contributed by atoms with Crippen LogP contribution >= 0.6 is 0 Å². The summed E-state index contributed by atoms with van der Waals surface area (Å²) in [7, 11) is -2.14. The van der Waals surface area contributed by atoms with E-state index in [1.165, 1.54) is 11.1 Å². The number of aryl methyl sites for hydroxylation is 2. The van der Waals surface area contributed by atoms with E-state index < -0.39 is 20.8 Å². The molecule has 0 fully saturated rings. The van der Waals surface area contributed by atoms with E-state index in [0.717, 1.165) is 93.5 Å². The molecular weight excluding hydrogens is 1040 g/mol. The molecule has 2 aliphatic rings. The van der Waals surface area contributed by atoms with Gasteiger partial charge in [0.25, 0.3) is 0 Å². The quantitative estimate of drug-likeness (QED) is 0.0421. The predicted octanol–water partition coefficient (Wildman–Crippen LogP) is -0.176. The number of benzene rings is 4. The van der Waals surface area contributed by atoms with E-state index in [1.807, 2.05) is 38.0 Å². The van der Waals surface area contributed by atoms with Crippen molar-refractivity contribution in [3.63, 3.8) is 0 Å².